The van der Waals surface area contributed by atoms with Gasteiger partial charge in [-0.05, 0) is 31.2 Å². The van der Waals surface area contributed by atoms with E-state index < -0.39 is 11.7 Å². The quantitative estimate of drug-likeness (QED) is 0.924. The minimum absolute atomic E-state index is 0.0825. The number of furan rings is 1. The van der Waals surface area contributed by atoms with E-state index in [1.54, 1.807) is 19.1 Å². The van der Waals surface area contributed by atoms with Crippen LogP contribution in [-0.2, 0) is 0 Å². The predicted octanol–water partition coefficient (Wildman–Crippen LogP) is 3.56. The summed E-state index contributed by atoms with van der Waals surface area (Å²) in [6.45, 7) is 1.74. The van der Waals surface area contributed by atoms with Gasteiger partial charge in [0.2, 0.25) is 0 Å². The number of hydrogen-bond acceptors (Lipinski definition) is 2. The molecule has 1 aromatic heterocycles. The molecule has 18 heavy (non-hydrogen) atoms. The second kappa shape index (κ2) is 5.23. The first-order valence-electron chi connectivity index (χ1n) is 5.38. The third-order valence-corrected chi connectivity index (χ3v) is 2.82. The van der Waals surface area contributed by atoms with Crippen molar-refractivity contribution in [3.63, 3.8) is 0 Å². The summed E-state index contributed by atoms with van der Waals surface area (Å²) in [5.41, 5.74) is -0.155. The standard InChI is InChI=1S/C13H11ClFNO2/c1-8(11-6-3-7-18-11)16-13(17)12-9(14)4-2-5-10(12)15/h2-8H,1H3,(H,16,17). The van der Waals surface area contributed by atoms with Gasteiger partial charge in [-0.25, -0.2) is 4.39 Å². The summed E-state index contributed by atoms with van der Waals surface area (Å²) in [5.74, 6) is -0.621. The van der Waals surface area contributed by atoms with Crippen LogP contribution in [0, 0.1) is 5.82 Å². The van der Waals surface area contributed by atoms with Crippen molar-refractivity contribution in [1.29, 1.82) is 0 Å². The monoisotopic (exact) mass is 267 g/mol. The number of halogens is 2. The molecule has 94 valence electrons. The third kappa shape index (κ3) is 2.54. The van der Waals surface area contributed by atoms with E-state index >= 15 is 0 Å². The molecule has 5 heteroatoms. The van der Waals surface area contributed by atoms with Gasteiger partial charge in [0.1, 0.15) is 11.6 Å². The first-order chi connectivity index (χ1) is 8.59. The molecule has 1 amide bonds. The van der Waals surface area contributed by atoms with Crippen molar-refractivity contribution in [3.05, 3.63) is 58.8 Å². The molecule has 0 bridgehead atoms. The van der Waals surface area contributed by atoms with E-state index in [9.17, 15) is 9.18 Å². The zero-order valence-electron chi connectivity index (χ0n) is 9.61. The van der Waals surface area contributed by atoms with E-state index in [0.29, 0.717) is 5.76 Å². The Balaban J connectivity index is 2.18. The average Bonchev–Trinajstić information content (AvgIpc) is 2.81. The lowest BCUT2D eigenvalue weighted by Crippen LogP contribution is -2.27. The van der Waals surface area contributed by atoms with Crippen LogP contribution >= 0.6 is 11.6 Å². The van der Waals surface area contributed by atoms with Gasteiger partial charge in [0.15, 0.2) is 0 Å². The van der Waals surface area contributed by atoms with Crippen molar-refractivity contribution in [1.82, 2.24) is 5.32 Å². The number of carbonyl (C=O) groups excluding carboxylic acids is 1. The van der Waals surface area contributed by atoms with Crippen molar-refractivity contribution in [3.8, 4) is 0 Å². The highest BCUT2D eigenvalue weighted by Crippen LogP contribution is 2.20. The SMILES string of the molecule is CC(NC(=O)c1c(F)cccc1Cl)c1ccco1. The smallest absolute Gasteiger partial charge is 0.256 e. The fraction of sp³-hybridized carbons (Fsp3) is 0.154. The fourth-order valence-electron chi connectivity index (χ4n) is 1.59. The highest BCUT2D eigenvalue weighted by atomic mass is 35.5. The van der Waals surface area contributed by atoms with Gasteiger partial charge >= 0.3 is 0 Å². The molecule has 1 aromatic carbocycles. The van der Waals surface area contributed by atoms with Gasteiger partial charge in [-0.15, -0.1) is 0 Å². The van der Waals surface area contributed by atoms with E-state index in [0.717, 1.165) is 0 Å². The molecule has 1 heterocycles. The maximum absolute atomic E-state index is 13.5. The molecule has 0 saturated carbocycles. The van der Waals surface area contributed by atoms with Crippen LogP contribution in [0.2, 0.25) is 5.02 Å². The minimum atomic E-state index is -0.647. The molecule has 1 unspecified atom stereocenters. The summed E-state index contributed by atoms with van der Waals surface area (Å²) in [5, 5.41) is 2.71. The van der Waals surface area contributed by atoms with Gasteiger partial charge in [0.25, 0.3) is 5.91 Å². The maximum Gasteiger partial charge on any atom is 0.256 e. The molecule has 0 spiro atoms. The van der Waals surface area contributed by atoms with E-state index in [1.165, 1.54) is 24.5 Å². The van der Waals surface area contributed by atoms with Crippen LogP contribution in [0.3, 0.4) is 0 Å². The lowest BCUT2D eigenvalue weighted by Gasteiger charge is -2.12. The molecule has 2 aromatic rings. The number of benzene rings is 1. The fourth-order valence-corrected chi connectivity index (χ4v) is 1.84. The van der Waals surface area contributed by atoms with Gasteiger partial charge in [0, 0.05) is 0 Å². The molecule has 3 nitrogen and oxygen atoms in total. The lowest BCUT2D eigenvalue weighted by molar-refractivity contribution is 0.0931. The predicted molar refractivity (Wildman–Crippen MR) is 66.0 cm³/mol. The molecule has 0 saturated heterocycles. The first-order valence-corrected chi connectivity index (χ1v) is 5.75. The summed E-state index contributed by atoms with van der Waals surface area (Å²) in [6.07, 6.45) is 1.51. The number of amides is 1. The van der Waals surface area contributed by atoms with Crippen LogP contribution < -0.4 is 5.32 Å². The van der Waals surface area contributed by atoms with Gasteiger partial charge in [0.05, 0.1) is 22.9 Å². The highest BCUT2D eigenvalue weighted by Gasteiger charge is 2.19. The molecule has 0 fully saturated rings. The van der Waals surface area contributed by atoms with Crippen LogP contribution in [0.25, 0.3) is 0 Å². The second-order valence-electron chi connectivity index (χ2n) is 3.81. The van der Waals surface area contributed by atoms with E-state index in [4.69, 9.17) is 16.0 Å². The zero-order valence-corrected chi connectivity index (χ0v) is 10.4. The summed E-state index contributed by atoms with van der Waals surface area (Å²) < 4.78 is 18.7. The number of rotatable bonds is 3. The second-order valence-corrected chi connectivity index (χ2v) is 4.21. The summed E-state index contributed by atoms with van der Waals surface area (Å²) in [6, 6.07) is 7.20. The average molecular weight is 268 g/mol. The Kier molecular flexibility index (Phi) is 3.67. The van der Waals surface area contributed by atoms with Crippen molar-refractivity contribution in [2.45, 2.75) is 13.0 Å². The van der Waals surface area contributed by atoms with Crippen LogP contribution in [0.5, 0.6) is 0 Å². The van der Waals surface area contributed by atoms with Crippen LogP contribution in [0.1, 0.15) is 29.1 Å². The van der Waals surface area contributed by atoms with Gasteiger partial charge in [-0.2, -0.15) is 0 Å². The Morgan fingerprint density at radius 3 is 2.78 bits per heavy atom. The Hall–Kier alpha value is -1.81. The first kappa shape index (κ1) is 12.6. The van der Waals surface area contributed by atoms with Crippen LogP contribution in [-0.4, -0.2) is 5.91 Å². The third-order valence-electron chi connectivity index (χ3n) is 2.51. The molecule has 0 aliphatic heterocycles. The largest absolute Gasteiger partial charge is 0.467 e. The van der Waals surface area contributed by atoms with Crippen LogP contribution in [0.15, 0.2) is 41.0 Å². The van der Waals surface area contributed by atoms with Gasteiger partial charge in [-0.1, -0.05) is 17.7 Å². The van der Waals surface area contributed by atoms with Gasteiger partial charge < -0.3 is 9.73 Å². The van der Waals surface area contributed by atoms with E-state index in [-0.39, 0.29) is 16.6 Å². The molecular formula is C13H11ClFNO2. The molecule has 1 atom stereocenters. The number of nitrogens with one attached hydrogen (secondary N) is 1. The Bertz CT molecular complexity index is 534. The van der Waals surface area contributed by atoms with Crippen LogP contribution in [0.4, 0.5) is 4.39 Å². The number of carbonyl (C=O) groups is 1. The molecule has 0 aliphatic rings. The number of hydrogen-bond donors (Lipinski definition) is 1. The lowest BCUT2D eigenvalue weighted by atomic mass is 10.1. The maximum atomic E-state index is 13.5. The topological polar surface area (TPSA) is 42.2 Å². The molecule has 2 rings (SSSR count). The van der Waals surface area contributed by atoms with Crippen molar-refractivity contribution in [2.24, 2.45) is 0 Å². The normalized spacial score (nSPS) is 12.2. The highest BCUT2D eigenvalue weighted by molar-refractivity contribution is 6.33. The Morgan fingerprint density at radius 1 is 1.39 bits per heavy atom. The zero-order chi connectivity index (χ0) is 13.1. The van der Waals surface area contributed by atoms with Gasteiger partial charge in [-0.3, -0.25) is 4.79 Å². The minimum Gasteiger partial charge on any atom is -0.467 e. The van der Waals surface area contributed by atoms with Crippen molar-refractivity contribution >= 4 is 17.5 Å². The molecule has 1 N–H and O–H groups in total. The summed E-state index contributed by atoms with van der Waals surface area (Å²) >= 11 is 5.81. The Morgan fingerprint density at radius 2 is 2.17 bits per heavy atom. The molecular weight excluding hydrogens is 257 g/mol. The molecule has 0 radical (unpaired) electrons. The van der Waals surface area contributed by atoms with E-state index in [2.05, 4.69) is 5.32 Å². The Labute approximate surface area is 109 Å². The van der Waals surface area contributed by atoms with E-state index in [1.807, 2.05) is 0 Å². The summed E-state index contributed by atoms with van der Waals surface area (Å²) in [7, 11) is 0. The summed E-state index contributed by atoms with van der Waals surface area (Å²) in [4.78, 5) is 11.9. The van der Waals surface area contributed by atoms with Crippen molar-refractivity contribution in [2.75, 3.05) is 0 Å². The molecule has 0 aliphatic carbocycles. The van der Waals surface area contributed by atoms with Crippen molar-refractivity contribution < 1.29 is 13.6 Å².